The van der Waals surface area contributed by atoms with Gasteiger partial charge in [-0.25, -0.2) is 9.37 Å². The fourth-order valence-corrected chi connectivity index (χ4v) is 1.63. The number of H-pyrrole nitrogens is 1. The SMILES string of the molecule is NCCCc1n[nH]c(Cc2cccc(F)c2)n1. The molecule has 1 aromatic heterocycles. The van der Waals surface area contributed by atoms with Crippen molar-refractivity contribution in [1.29, 1.82) is 0 Å². The molecule has 0 aliphatic rings. The quantitative estimate of drug-likeness (QED) is 0.822. The van der Waals surface area contributed by atoms with Crippen LogP contribution < -0.4 is 5.73 Å². The summed E-state index contributed by atoms with van der Waals surface area (Å²) in [7, 11) is 0. The minimum atomic E-state index is -0.231. The third-order valence-corrected chi connectivity index (χ3v) is 2.44. The van der Waals surface area contributed by atoms with Gasteiger partial charge in [-0.1, -0.05) is 12.1 Å². The molecule has 0 aliphatic carbocycles. The largest absolute Gasteiger partial charge is 0.330 e. The molecule has 17 heavy (non-hydrogen) atoms. The predicted octanol–water partition coefficient (Wildman–Crippen LogP) is 1.43. The van der Waals surface area contributed by atoms with Crippen molar-refractivity contribution in [3.63, 3.8) is 0 Å². The highest BCUT2D eigenvalue weighted by atomic mass is 19.1. The average molecular weight is 234 g/mol. The van der Waals surface area contributed by atoms with Gasteiger partial charge in [0.25, 0.3) is 0 Å². The lowest BCUT2D eigenvalue weighted by molar-refractivity contribution is 0.626. The Balaban J connectivity index is 2.01. The Morgan fingerprint density at radius 2 is 2.24 bits per heavy atom. The molecule has 0 fully saturated rings. The summed E-state index contributed by atoms with van der Waals surface area (Å²) in [5.74, 6) is 1.29. The monoisotopic (exact) mass is 234 g/mol. The van der Waals surface area contributed by atoms with Crippen molar-refractivity contribution >= 4 is 0 Å². The summed E-state index contributed by atoms with van der Waals surface area (Å²) in [6.45, 7) is 0.633. The zero-order valence-electron chi connectivity index (χ0n) is 9.49. The van der Waals surface area contributed by atoms with Crippen molar-refractivity contribution in [3.8, 4) is 0 Å². The average Bonchev–Trinajstić information content (AvgIpc) is 2.74. The van der Waals surface area contributed by atoms with E-state index >= 15 is 0 Å². The number of nitrogens with two attached hydrogens (primary N) is 1. The number of hydrogen-bond acceptors (Lipinski definition) is 3. The van der Waals surface area contributed by atoms with Gasteiger partial charge in [-0.05, 0) is 30.7 Å². The molecule has 0 bridgehead atoms. The maximum absolute atomic E-state index is 13.0. The highest BCUT2D eigenvalue weighted by Crippen LogP contribution is 2.08. The van der Waals surface area contributed by atoms with E-state index < -0.39 is 0 Å². The van der Waals surface area contributed by atoms with E-state index in [2.05, 4.69) is 15.2 Å². The minimum absolute atomic E-state index is 0.231. The standard InChI is InChI=1S/C12H15FN4/c13-10-4-1-3-9(7-10)8-12-15-11(16-17-12)5-2-6-14/h1,3-4,7H,2,5-6,8,14H2,(H,15,16,17). The van der Waals surface area contributed by atoms with Crippen LogP contribution in [0.4, 0.5) is 4.39 Å². The van der Waals surface area contributed by atoms with Crippen LogP contribution in [0.25, 0.3) is 0 Å². The van der Waals surface area contributed by atoms with Gasteiger partial charge < -0.3 is 5.73 Å². The highest BCUT2D eigenvalue weighted by molar-refractivity contribution is 5.19. The Morgan fingerprint density at radius 3 is 3.00 bits per heavy atom. The predicted molar refractivity (Wildman–Crippen MR) is 63.0 cm³/mol. The molecule has 2 aromatic rings. The van der Waals surface area contributed by atoms with Gasteiger partial charge in [0.15, 0.2) is 5.82 Å². The van der Waals surface area contributed by atoms with Crippen LogP contribution in [0, 0.1) is 5.82 Å². The number of halogens is 1. The van der Waals surface area contributed by atoms with E-state index in [1.165, 1.54) is 12.1 Å². The molecular weight excluding hydrogens is 219 g/mol. The zero-order valence-corrected chi connectivity index (χ0v) is 9.49. The van der Waals surface area contributed by atoms with Crippen LogP contribution in [0.5, 0.6) is 0 Å². The molecular formula is C12H15FN4. The van der Waals surface area contributed by atoms with Gasteiger partial charge in [0.05, 0.1) is 0 Å². The smallest absolute Gasteiger partial charge is 0.150 e. The van der Waals surface area contributed by atoms with Crippen LogP contribution in [0.2, 0.25) is 0 Å². The summed E-state index contributed by atoms with van der Waals surface area (Å²) in [6.07, 6.45) is 2.21. The number of benzene rings is 1. The van der Waals surface area contributed by atoms with Crippen molar-refractivity contribution in [2.75, 3.05) is 6.54 Å². The van der Waals surface area contributed by atoms with Gasteiger partial charge in [0.2, 0.25) is 0 Å². The number of hydrogen-bond donors (Lipinski definition) is 2. The van der Waals surface area contributed by atoms with Gasteiger partial charge >= 0.3 is 0 Å². The Morgan fingerprint density at radius 1 is 1.35 bits per heavy atom. The topological polar surface area (TPSA) is 67.6 Å². The summed E-state index contributed by atoms with van der Waals surface area (Å²) < 4.78 is 13.0. The fourth-order valence-electron chi connectivity index (χ4n) is 1.63. The summed E-state index contributed by atoms with van der Waals surface area (Å²) in [5, 5.41) is 6.95. The van der Waals surface area contributed by atoms with Crippen LogP contribution >= 0.6 is 0 Å². The lowest BCUT2D eigenvalue weighted by Crippen LogP contribution is -2.01. The summed E-state index contributed by atoms with van der Waals surface area (Å²) in [5.41, 5.74) is 6.30. The summed E-state index contributed by atoms with van der Waals surface area (Å²) >= 11 is 0. The van der Waals surface area contributed by atoms with Crippen molar-refractivity contribution in [3.05, 3.63) is 47.3 Å². The lowest BCUT2D eigenvalue weighted by atomic mass is 10.1. The van der Waals surface area contributed by atoms with Gasteiger partial charge in [-0.2, -0.15) is 5.10 Å². The van der Waals surface area contributed by atoms with Crippen LogP contribution in [0.15, 0.2) is 24.3 Å². The van der Waals surface area contributed by atoms with E-state index in [0.29, 0.717) is 13.0 Å². The second-order valence-electron chi connectivity index (χ2n) is 3.90. The Bertz CT molecular complexity index is 481. The molecule has 0 amide bonds. The van der Waals surface area contributed by atoms with Crippen molar-refractivity contribution in [1.82, 2.24) is 15.2 Å². The number of aryl methyl sites for hydroxylation is 1. The molecule has 5 heteroatoms. The minimum Gasteiger partial charge on any atom is -0.330 e. The second kappa shape index (κ2) is 5.54. The van der Waals surface area contributed by atoms with Crippen LogP contribution in [-0.4, -0.2) is 21.7 Å². The third kappa shape index (κ3) is 3.35. The van der Waals surface area contributed by atoms with Crippen molar-refractivity contribution in [2.45, 2.75) is 19.3 Å². The molecule has 0 aliphatic heterocycles. The molecule has 0 spiro atoms. The first kappa shape index (κ1) is 11.7. The molecule has 4 nitrogen and oxygen atoms in total. The maximum Gasteiger partial charge on any atom is 0.150 e. The second-order valence-corrected chi connectivity index (χ2v) is 3.90. The van der Waals surface area contributed by atoms with E-state index in [1.807, 2.05) is 6.07 Å². The normalized spacial score (nSPS) is 10.7. The first-order valence-electron chi connectivity index (χ1n) is 5.62. The molecule has 1 aromatic carbocycles. The Hall–Kier alpha value is -1.75. The fraction of sp³-hybridized carbons (Fsp3) is 0.333. The van der Waals surface area contributed by atoms with E-state index in [1.54, 1.807) is 6.07 Å². The van der Waals surface area contributed by atoms with Crippen LogP contribution in [-0.2, 0) is 12.8 Å². The molecule has 90 valence electrons. The third-order valence-electron chi connectivity index (χ3n) is 2.44. The molecule has 0 saturated heterocycles. The first-order chi connectivity index (χ1) is 8.28. The van der Waals surface area contributed by atoms with Gasteiger partial charge in [0.1, 0.15) is 11.6 Å². The number of aromatic nitrogens is 3. The molecule has 0 unspecified atom stereocenters. The lowest BCUT2D eigenvalue weighted by Gasteiger charge is -1.97. The van der Waals surface area contributed by atoms with Gasteiger partial charge in [0, 0.05) is 12.8 Å². The van der Waals surface area contributed by atoms with E-state index in [0.717, 1.165) is 30.1 Å². The van der Waals surface area contributed by atoms with E-state index in [-0.39, 0.29) is 5.82 Å². The summed E-state index contributed by atoms with van der Waals surface area (Å²) in [6, 6.07) is 6.49. The number of aromatic amines is 1. The van der Waals surface area contributed by atoms with Crippen LogP contribution in [0.3, 0.4) is 0 Å². The molecule has 1 heterocycles. The van der Waals surface area contributed by atoms with Gasteiger partial charge in [-0.3, -0.25) is 5.10 Å². The van der Waals surface area contributed by atoms with Crippen molar-refractivity contribution in [2.24, 2.45) is 5.73 Å². The zero-order chi connectivity index (χ0) is 12.1. The van der Waals surface area contributed by atoms with E-state index in [4.69, 9.17) is 5.73 Å². The van der Waals surface area contributed by atoms with Crippen LogP contribution in [0.1, 0.15) is 23.6 Å². The number of nitrogens with one attached hydrogen (secondary N) is 1. The number of nitrogens with zero attached hydrogens (tertiary/aromatic N) is 2. The Kier molecular flexibility index (Phi) is 3.82. The molecule has 0 radical (unpaired) electrons. The molecule has 3 N–H and O–H groups in total. The molecule has 0 atom stereocenters. The molecule has 2 rings (SSSR count). The van der Waals surface area contributed by atoms with Crippen molar-refractivity contribution < 1.29 is 4.39 Å². The number of rotatable bonds is 5. The van der Waals surface area contributed by atoms with E-state index in [9.17, 15) is 4.39 Å². The maximum atomic E-state index is 13.0. The summed E-state index contributed by atoms with van der Waals surface area (Å²) in [4.78, 5) is 4.33. The first-order valence-corrected chi connectivity index (χ1v) is 5.62. The molecule has 0 saturated carbocycles. The van der Waals surface area contributed by atoms with Gasteiger partial charge in [-0.15, -0.1) is 0 Å². The Labute approximate surface area is 99.1 Å². The highest BCUT2D eigenvalue weighted by Gasteiger charge is 2.04.